The molecule has 2 aliphatic heterocycles. The van der Waals surface area contributed by atoms with Gasteiger partial charge in [0.05, 0.1) is 11.4 Å². The molecule has 0 aliphatic carbocycles. The van der Waals surface area contributed by atoms with Gasteiger partial charge < -0.3 is 4.90 Å². The predicted octanol–water partition coefficient (Wildman–Crippen LogP) is 5.72. The number of benzene rings is 3. The third-order valence-electron chi connectivity index (χ3n) is 6.06. The van der Waals surface area contributed by atoms with Crippen LogP contribution in [0.5, 0.6) is 0 Å². The Morgan fingerprint density at radius 2 is 1.68 bits per heavy atom. The summed E-state index contributed by atoms with van der Waals surface area (Å²) in [5.41, 5.74) is 6.35. The van der Waals surface area contributed by atoms with Crippen molar-refractivity contribution >= 4 is 27.9 Å². The molecule has 0 unspecified atom stereocenters. The Balaban J connectivity index is 1.59. The molecular weight excluding hydrogens is 342 g/mol. The minimum Gasteiger partial charge on any atom is -0.343 e. The maximum atomic E-state index is 4.90. The van der Waals surface area contributed by atoms with Crippen LogP contribution in [-0.2, 0) is 5.41 Å². The van der Waals surface area contributed by atoms with Crippen LogP contribution in [0.1, 0.15) is 25.8 Å². The lowest BCUT2D eigenvalue weighted by molar-refractivity contribution is 0.632. The highest BCUT2D eigenvalue weighted by Crippen LogP contribution is 2.51. The second-order valence-electron chi connectivity index (χ2n) is 8.19. The molecule has 140 valence electrons. The van der Waals surface area contributed by atoms with Crippen LogP contribution in [0.25, 0.3) is 10.8 Å². The lowest BCUT2D eigenvalue weighted by atomic mass is 9.80. The normalized spacial score (nSPS) is 18.8. The molecule has 0 amide bonds. The highest BCUT2D eigenvalue weighted by Gasteiger charge is 2.42. The molecule has 0 fully saturated rings. The molecule has 3 aromatic rings. The predicted molar refractivity (Wildman–Crippen MR) is 119 cm³/mol. The van der Waals surface area contributed by atoms with E-state index in [-0.39, 0.29) is 5.41 Å². The number of hydrazone groups is 1. The third-order valence-corrected chi connectivity index (χ3v) is 6.06. The number of rotatable bonds is 2. The number of anilines is 2. The van der Waals surface area contributed by atoms with Crippen molar-refractivity contribution < 1.29 is 0 Å². The number of para-hydroxylation sites is 1. The Hall–Kier alpha value is -3.07. The highest BCUT2D eigenvalue weighted by atomic mass is 15.4. The zero-order valence-corrected chi connectivity index (χ0v) is 16.7. The molecule has 2 aliphatic rings. The van der Waals surface area contributed by atoms with Gasteiger partial charge in [0.15, 0.2) is 0 Å². The van der Waals surface area contributed by atoms with Crippen molar-refractivity contribution in [3.63, 3.8) is 0 Å². The summed E-state index contributed by atoms with van der Waals surface area (Å²) < 4.78 is 0. The second-order valence-corrected chi connectivity index (χ2v) is 8.19. The van der Waals surface area contributed by atoms with Crippen molar-refractivity contribution in [1.82, 2.24) is 0 Å². The fourth-order valence-electron chi connectivity index (χ4n) is 4.67. The summed E-state index contributed by atoms with van der Waals surface area (Å²) in [7, 11) is 2.02. The third kappa shape index (κ3) is 2.54. The largest absolute Gasteiger partial charge is 0.343 e. The molecule has 3 aromatic carbocycles. The minimum atomic E-state index is -0.0390. The van der Waals surface area contributed by atoms with Crippen LogP contribution in [-0.4, -0.2) is 19.3 Å². The smallest absolute Gasteiger partial charge is 0.0645 e. The van der Waals surface area contributed by atoms with E-state index in [4.69, 9.17) is 5.10 Å². The second kappa shape index (κ2) is 6.23. The van der Waals surface area contributed by atoms with E-state index in [2.05, 4.69) is 85.5 Å². The standard InChI is InChI=1S/C25H25N3/c1-25(2)23-17-19(26-27(3)20-10-5-4-6-11-20)15-16-28(23)22-14-13-18-9-7-8-12-21(18)24(22)25/h4-14,17H,15-16H2,1-3H3/b26-19+. The fourth-order valence-corrected chi connectivity index (χ4v) is 4.67. The molecule has 0 N–H and O–H groups in total. The molecule has 0 spiro atoms. The van der Waals surface area contributed by atoms with Crippen molar-refractivity contribution in [2.75, 3.05) is 23.5 Å². The van der Waals surface area contributed by atoms with Crippen LogP contribution in [0.15, 0.2) is 83.6 Å². The maximum Gasteiger partial charge on any atom is 0.0645 e. The van der Waals surface area contributed by atoms with Crippen LogP contribution >= 0.6 is 0 Å². The first-order chi connectivity index (χ1) is 13.6. The van der Waals surface area contributed by atoms with E-state index in [1.807, 2.05) is 18.1 Å². The quantitative estimate of drug-likeness (QED) is 0.540. The van der Waals surface area contributed by atoms with Crippen molar-refractivity contribution in [1.29, 1.82) is 0 Å². The van der Waals surface area contributed by atoms with E-state index in [1.165, 1.54) is 27.7 Å². The average molecular weight is 367 g/mol. The van der Waals surface area contributed by atoms with Crippen LogP contribution < -0.4 is 9.91 Å². The molecule has 3 nitrogen and oxygen atoms in total. The molecule has 5 rings (SSSR count). The Bertz CT molecular complexity index is 1110. The van der Waals surface area contributed by atoms with Gasteiger partial charge >= 0.3 is 0 Å². The van der Waals surface area contributed by atoms with Gasteiger partial charge in [-0.1, -0.05) is 62.4 Å². The topological polar surface area (TPSA) is 18.8 Å². The van der Waals surface area contributed by atoms with E-state index in [0.29, 0.717) is 0 Å². The van der Waals surface area contributed by atoms with Crippen molar-refractivity contribution in [2.45, 2.75) is 25.7 Å². The molecule has 0 saturated carbocycles. The monoisotopic (exact) mass is 367 g/mol. The van der Waals surface area contributed by atoms with Gasteiger partial charge in [-0.15, -0.1) is 0 Å². The van der Waals surface area contributed by atoms with Crippen molar-refractivity contribution in [2.24, 2.45) is 5.10 Å². The number of nitrogens with zero attached hydrogens (tertiary/aromatic N) is 3. The Morgan fingerprint density at radius 1 is 0.929 bits per heavy atom. The van der Waals surface area contributed by atoms with E-state index in [0.717, 1.165) is 24.4 Å². The van der Waals surface area contributed by atoms with Gasteiger partial charge in [-0.25, -0.2) is 0 Å². The average Bonchev–Trinajstić information content (AvgIpc) is 2.96. The molecule has 0 saturated heterocycles. The highest BCUT2D eigenvalue weighted by molar-refractivity contribution is 6.02. The van der Waals surface area contributed by atoms with Crippen LogP contribution in [0, 0.1) is 0 Å². The summed E-state index contributed by atoms with van der Waals surface area (Å²) in [5, 5.41) is 9.56. The summed E-state index contributed by atoms with van der Waals surface area (Å²) in [6, 6.07) is 23.6. The van der Waals surface area contributed by atoms with Crippen LogP contribution in [0.2, 0.25) is 0 Å². The van der Waals surface area contributed by atoms with E-state index >= 15 is 0 Å². The Morgan fingerprint density at radius 3 is 2.50 bits per heavy atom. The van der Waals surface area contributed by atoms with Gasteiger partial charge in [-0.2, -0.15) is 5.10 Å². The van der Waals surface area contributed by atoms with Gasteiger partial charge in [0.25, 0.3) is 0 Å². The number of allylic oxidation sites excluding steroid dienone is 2. The minimum absolute atomic E-state index is 0.0390. The summed E-state index contributed by atoms with van der Waals surface area (Å²) in [5.74, 6) is 0. The summed E-state index contributed by atoms with van der Waals surface area (Å²) in [6.07, 6.45) is 3.25. The molecule has 0 bridgehead atoms. The zero-order chi connectivity index (χ0) is 19.3. The number of hydrogen-bond donors (Lipinski definition) is 0. The molecule has 0 radical (unpaired) electrons. The SMILES string of the molecule is CN(/N=C1/C=C2N(CC1)c1ccc3ccccc3c1C2(C)C)c1ccccc1. The van der Waals surface area contributed by atoms with E-state index in [9.17, 15) is 0 Å². The van der Waals surface area contributed by atoms with Crippen molar-refractivity contribution in [3.05, 3.63) is 84.1 Å². The lowest BCUT2D eigenvalue weighted by Gasteiger charge is -2.31. The van der Waals surface area contributed by atoms with Gasteiger partial charge in [0.2, 0.25) is 0 Å². The fraction of sp³-hybridized carbons (Fsp3) is 0.240. The molecule has 0 atom stereocenters. The molecule has 3 heteroatoms. The Labute approximate surface area is 166 Å². The first-order valence-electron chi connectivity index (χ1n) is 9.94. The number of fused-ring (bicyclic) bond motifs is 5. The molecular formula is C25H25N3. The summed E-state index contributed by atoms with van der Waals surface area (Å²) in [4.78, 5) is 2.49. The van der Waals surface area contributed by atoms with Crippen LogP contribution in [0.4, 0.5) is 11.4 Å². The first kappa shape index (κ1) is 17.1. The van der Waals surface area contributed by atoms with Crippen LogP contribution in [0.3, 0.4) is 0 Å². The van der Waals surface area contributed by atoms with E-state index < -0.39 is 0 Å². The van der Waals surface area contributed by atoms with Crippen molar-refractivity contribution in [3.8, 4) is 0 Å². The molecule has 0 aromatic heterocycles. The summed E-state index contributed by atoms with van der Waals surface area (Å²) >= 11 is 0. The van der Waals surface area contributed by atoms with Gasteiger partial charge in [0, 0.05) is 36.8 Å². The maximum absolute atomic E-state index is 4.90. The summed E-state index contributed by atoms with van der Waals surface area (Å²) in [6.45, 7) is 5.66. The lowest BCUT2D eigenvalue weighted by Crippen LogP contribution is -2.33. The van der Waals surface area contributed by atoms with Gasteiger partial charge in [-0.05, 0) is 40.6 Å². The molecule has 28 heavy (non-hydrogen) atoms. The van der Waals surface area contributed by atoms with E-state index in [1.54, 1.807) is 0 Å². The number of hydrogen-bond acceptors (Lipinski definition) is 3. The van der Waals surface area contributed by atoms with Gasteiger partial charge in [-0.3, -0.25) is 5.01 Å². The first-order valence-corrected chi connectivity index (χ1v) is 9.94. The Kier molecular flexibility index (Phi) is 3.80. The van der Waals surface area contributed by atoms with Gasteiger partial charge in [0.1, 0.15) is 0 Å². The molecule has 2 heterocycles. The zero-order valence-electron chi connectivity index (χ0n) is 16.7.